The van der Waals surface area contributed by atoms with E-state index >= 15 is 0 Å². The van der Waals surface area contributed by atoms with Crippen LogP contribution in [0.25, 0.3) is 0 Å². The van der Waals surface area contributed by atoms with Crippen molar-refractivity contribution >= 4 is 29.1 Å². The van der Waals surface area contributed by atoms with Gasteiger partial charge < -0.3 is 25.4 Å². The summed E-state index contributed by atoms with van der Waals surface area (Å²) in [5.74, 6) is -3.05. The molecule has 0 radical (unpaired) electrons. The number of amides is 3. The minimum absolute atomic E-state index is 0.0325. The van der Waals surface area contributed by atoms with Crippen molar-refractivity contribution in [3.63, 3.8) is 0 Å². The Morgan fingerprint density at radius 3 is 2.47 bits per heavy atom. The van der Waals surface area contributed by atoms with E-state index in [0.29, 0.717) is 0 Å². The van der Waals surface area contributed by atoms with Crippen molar-refractivity contribution in [3.05, 3.63) is 18.2 Å². The SMILES string of the molecule is CC(C)(C)CN(CC(F)F)[C@@H](C(N)=O)C(=O)Nc1ccc(N2CCOCC2=O)c(OC(F)F)c1. The number of nitrogens with two attached hydrogens (primary N) is 1. The number of nitrogens with one attached hydrogen (secondary N) is 1. The van der Waals surface area contributed by atoms with Crippen molar-refractivity contribution in [2.75, 3.05) is 43.1 Å². The number of rotatable bonds is 10. The molecular formula is C21H28F4N4O5. The number of primary amides is 1. The molecule has 0 aromatic heterocycles. The summed E-state index contributed by atoms with van der Waals surface area (Å²) in [6, 6.07) is 1.88. The van der Waals surface area contributed by atoms with Gasteiger partial charge in [-0.25, -0.2) is 8.78 Å². The van der Waals surface area contributed by atoms with Gasteiger partial charge in [-0.05, 0) is 17.5 Å². The molecule has 1 saturated heterocycles. The molecule has 1 heterocycles. The first-order chi connectivity index (χ1) is 15.8. The molecule has 2 rings (SSSR count). The first-order valence-electron chi connectivity index (χ1n) is 10.4. The number of alkyl halides is 4. The number of halogens is 4. The zero-order valence-corrected chi connectivity index (χ0v) is 19.0. The molecule has 13 heteroatoms. The number of hydrogen-bond acceptors (Lipinski definition) is 6. The Bertz CT molecular complexity index is 894. The second-order valence-electron chi connectivity index (χ2n) is 8.83. The van der Waals surface area contributed by atoms with E-state index in [4.69, 9.17) is 10.5 Å². The van der Waals surface area contributed by atoms with Gasteiger partial charge in [0.1, 0.15) is 6.61 Å². The zero-order valence-electron chi connectivity index (χ0n) is 19.0. The Morgan fingerprint density at radius 1 is 1.26 bits per heavy atom. The molecule has 190 valence electrons. The van der Waals surface area contributed by atoms with Crippen LogP contribution < -0.4 is 20.7 Å². The lowest BCUT2D eigenvalue weighted by Crippen LogP contribution is -2.55. The maximum Gasteiger partial charge on any atom is 0.387 e. The van der Waals surface area contributed by atoms with Gasteiger partial charge in [0.15, 0.2) is 11.8 Å². The van der Waals surface area contributed by atoms with E-state index < -0.39 is 54.5 Å². The Kier molecular flexibility index (Phi) is 9.21. The summed E-state index contributed by atoms with van der Waals surface area (Å²) < 4.78 is 61.8. The molecule has 0 bridgehead atoms. The number of carbonyl (C=O) groups is 3. The van der Waals surface area contributed by atoms with Crippen molar-refractivity contribution < 1.29 is 41.4 Å². The fourth-order valence-corrected chi connectivity index (χ4v) is 3.51. The van der Waals surface area contributed by atoms with Crippen LogP contribution in [0.1, 0.15) is 20.8 Å². The van der Waals surface area contributed by atoms with Crippen molar-refractivity contribution in [3.8, 4) is 5.75 Å². The average Bonchev–Trinajstić information content (AvgIpc) is 2.66. The van der Waals surface area contributed by atoms with Crippen molar-refractivity contribution in [2.45, 2.75) is 39.9 Å². The number of carbonyl (C=O) groups excluding carboxylic acids is 3. The van der Waals surface area contributed by atoms with E-state index in [9.17, 15) is 31.9 Å². The van der Waals surface area contributed by atoms with Crippen LogP contribution in [-0.4, -0.2) is 74.5 Å². The van der Waals surface area contributed by atoms with E-state index in [0.717, 1.165) is 11.0 Å². The summed E-state index contributed by atoms with van der Waals surface area (Å²) in [5.41, 5.74) is 4.77. The highest BCUT2D eigenvalue weighted by Gasteiger charge is 2.35. The lowest BCUT2D eigenvalue weighted by Gasteiger charge is -2.33. The maximum atomic E-state index is 13.1. The molecule has 1 aliphatic rings. The predicted molar refractivity (Wildman–Crippen MR) is 115 cm³/mol. The van der Waals surface area contributed by atoms with Gasteiger partial charge in [-0.1, -0.05) is 20.8 Å². The van der Waals surface area contributed by atoms with Crippen molar-refractivity contribution in [1.29, 1.82) is 0 Å². The molecule has 0 saturated carbocycles. The first kappa shape index (κ1) is 27.3. The van der Waals surface area contributed by atoms with Gasteiger partial charge in [-0.3, -0.25) is 19.3 Å². The third kappa shape index (κ3) is 7.83. The number of nitrogens with zero attached hydrogens (tertiary/aromatic N) is 2. The second kappa shape index (κ2) is 11.5. The maximum absolute atomic E-state index is 13.1. The Labute approximate surface area is 194 Å². The summed E-state index contributed by atoms with van der Waals surface area (Å²) in [6.07, 6.45) is -2.84. The number of morpholine rings is 1. The quantitative estimate of drug-likeness (QED) is 0.382. The molecule has 0 unspecified atom stereocenters. The van der Waals surface area contributed by atoms with Crippen LogP contribution in [0.3, 0.4) is 0 Å². The summed E-state index contributed by atoms with van der Waals surface area (Å²) in [5, 5.41) is 2.34. The molecule has 9 nitrogen and oxygen atoms in total. The van der Waals surface area contributed by atoms with Gasteiger partial charge in [0.05, 0.1) is 18.8 Å². The van der Waals surface area contributed by atoms with Gasteiger partial charge in [0.25, 0.3) is 18.2 Å². The molecule has 0 aliphatic carbocycles. The largest absolute Gasteiger partial charge is 0.433 e. The topological polar surface area (TPSA) is 114 Å². The number of ether oxygens (including phenoxy) is 2. The Morgan fingerprint density at radius 2 is 1.94 bits per heavy atom. The minimum atomic E-state index is -3.23. The van der Waals surface area contributed by atoms with Crippen molar-refractivity contribution in [2.24, 2.45) is 11.1 Å². The molecule has 1 aromatic carbocycles. The monoisotopic (exact) mass is 492 g/mol. The van der Waals surface area contributed by atoms with Gasteiger partial charge in [-0.2, -0.15) is 8.78 Å². The lowest BCUT2D eigenvalue weighted by molar-refractivity contribution is -0.134. The van der Waals surface area contributed by atoms with Crippen LogP contribution >= 0.6 is 0 Å². The fraction of sp³-hybridized carbons (Fsp3) is 0.571. The van der Waals surface area contributed by atoms with Crippen LogP contribution in [0.5, 0.6) is 5.75 Å². The minimum Gasteiger partial charge on any atom is -0.433 e. The highest BCUT2D eigenvalue weighted by molar-refractivity contribution is 6.09. The molecule has 0 spiro atoms. The van der Waals surface area contributed by atoms with Crippen LogP contribution in [0.4, 0.5) is 28.9 Å². The number of benzene rings is 1. The van der Waals surface area contributed by atoms with Crippen LogP contribution in [-0.2, 0) is 19.1 Å². The zero-order chi connectivity index (χ0) is 25.6. The highest BCUT2D eigenvalue weighted by Crippen LogP contribution is 2.34. The molecule has 3 amide bonds. The van der Waals surface area contributed by atoms with E-state index in [1.807, 2.05) is 0 Å². The normalized spacial score (nSPS) is 15.7. The fourth-order valence-electron chi connectivity index (χ4n) is 3.51. The average molecular weight is 492 g/mol. The predicted octanol–water partition coefficient (Wildman–Crippen LogP) is 2.06. The third-order valence-corrected chi connectivity index (χ3v) is 4.65. The van der Waals surface area contributed by atoms with E-state index in [1.54, 1.807) is 20.8 Å². The van der Waals surface area contributed by atoms with E-state index in [1.165, 1.54) is 17.0 Å². The summed E-state index contributed by atoms with van der Waals surface area (Å²) in [4.78, 5) is 39.2. The lowest BCUT2D eigenvalue weighted by atomic mass is 9.95. The Balaban J connectivity index is 2.33. The molecule has 1 fully saturated rings. The van der Waals surface area contributed by atoms with E-state index in [2.05, 4.69) is 10.1 Å². The number of anilines is 2. The summed E-state index contributed by atoms with van der Waals surface area (Å²) in [7, 11) is 0. The summed E-state index contributed by atoms with van der Waals surface area (Å²) in [6.45, 7) is 1.11. The standard InChI is InChI=1S/C21H28F4N4O5/c1-21(2,3)11-28(9-15(22)23)17(18(26)31)19(32)27-12-4-5-13(14(8-12)34-20(24)25)29-6-7-33-10-16(29)30/h4-5,8,15,17,20H,6-7,9-11H2,1-3H3,(H2,26,31)(H,27,32)/t17-/m0/s1. The van der Waals surface area contributed by atoms with Crippen LogP contribution in [0.2, 0.25) is 0 Å². The van der Waals surface area contributed by atoms with Gasteiger partial charge in [-0.15, -0.1) is 0 Å². The van der Waals surface area contributed by atoms with E-state index in [-0.39, 0.29) is 37.7 Å². The highest BCUT2D eigenvalue weighted by atomic mass is 19.3. The van der Waals surface area contributed by atoms with Gasteiger partial charge >= 0.3 is 6.61 Å². The Hall–Kier alpha value is -2.93. The van der Waals surface area contributed by atoms with Gasteiger partial charge in [0.2, 0.25) is 5.91 Å². The molecule has 1 aliphatic heterocycles. The molecular weight excluding hydrogens is 464 g/mol. The molecule has 1 aromatic rings. The van der Waals surface area contributed by atoms with Gasteiger partial charge in [0, 0.05) is 24.8 Å². The second-order valence-corrected chi connectivity index (χ2v) is 8.83. The number of hydrogen-bond donors (Lipinski definition) is 2. The molecule has 3 N–H and O–H groups in total. The van der Waals surface area contributed by atoms with Crippen LogP contribution in [0.15, 0.2) is 18.2 Å². The molecule has 34 heavy (non-hydrogen) atoms. The van der Waals surface area contributed by atoms with Crippen molar-refractivity contribution in [1.82, 2.24) is 4.90 Å². The summed E-state index contributed by atoms with van der Waals surface area (Å²) >= 11 is 0. The molecule has 1 atom stereocenters. The van der Waals surface area contributed by atoms with Crippen LogP contribution in [0, 0.1) is 5.41 Å². The smallest absolute Gasteiger partial charge is 0.387 e. The first-order valence-corrected chi connectivity index (χ1v) is 10.4. The third-order valence-electron chi connectivity index (χ3n) is 4.65.